The van der Waals surface area contributed by atoms with Crippen molar-refractivity contribution < 1.29 is 19.4 Å². The van der Waals surface area contributed by atoms with Crippen molar-refractivity contribution in [2.24, 2.45) is 0 Å². The Hall–Kier alpha value is -2.08. The lowest BCUT2D eigenvalue weighted by atomic mass is 10.2. The Morgan fingerprint density at radius 2 is 2.15 bits per heavy atom. The lowest BCUT2D eigenvalue weighted by Gasteiger charge is -2.09. The van der Waals surface area contributed by atoms with Gasteiger partial charge in [-0.3, -0.25) is 4.79 Å². The second kappa shape index (κ2) is 6.38. The van der Waals surface area contributed by atoms with E-state index in [4.69, 9.17) is 9.84 Å². The molecule has 0 unspecified atom stereocenters. The van der Waals surface area contributed by atoms with Gasteiger partial charge in [-0.05, 0) is 25.0 Å². The van der Waals surface area contributed by atoms with E-state index >= 15 is 0 Å². The van der Waals surface area contributed by atoms with Gasteiger partial charge in [0.05, 0.1) is 7.11 Å². The van der Waals surface area contributed by atoms with Crippen LogP contribution in [0.2, 0.25) is 0 Å². The number of amides is 1. The summed E-state index contributed by atoms with van der Waals surface area (Å²) in [4.78, 5) is 22.7. The molecule has 0 aromatic heterocycles. The number of ether oxygens (including phenoxy) is 1. The van der Waals surface area contributed by atoms with Gasteiger partial charge in [-0.25, -0.2) is 4.79 Å². The number of hydrogen-bond acceptors (Lipinski definition) is 4. The molecule has 1 aromatic rings. The highest BCUT2D eigenvalue weighted by molar-refractivity contribution is 5.94. The number of carbonyl (C=O) groups excluding carboxylic acids is 1. The van der Waals surface area contributed by atoms with Gasteiger partial charge in [-0.2, -0.15) is 0 Å². The molecule has 0 spiro atoms. The monoisotopic (exact) mass is 278 g/mol. The molecule has 2 rings (SSSR count). The number of carboxylic acid groups (broad SMARTS) is 1. The predicted octanol–water partition coefficient (Wildman–Crippen LogP) is 1.47. The Kier molecular flexibility index (Phi) is 4.57. The lowest BCUT2D eigenvalue weighted by molar-refractivity contribution is -0.116. The molecular weight excluding hydrogens is 260 g/mol. The van der Waals surface area contributed by atoms with E-state index in [1.54, 1.807) is 6.07 Å². The van der Waals surface area contributed by atoms with E-state index in [1.807, 2.05) is 0 Å². The van der Waals surface area contributed by atoms with Gasteiger partial charge in [0, 0.05) is 30.8 Å². The minimum absolute atomic E-state index is 0.0703. The number of rotatable bonds is 7. The third-order valence-corrected chi connectivity index (χ3v) is 3.08. The fraction of sp³-hybridized carbons (Fsp3) is 0.429. The smallest absolute Gasteiger partial charge is 0.339 e. The number of aromatic carboxylic acids is 1. The normalized spacial score (nSPS) is 13.8. The first-order chi connectivity index (χ1) is 9.60. The summed E-state index contributed by atoms with van der Waals surface area (Å²) in [7, 11) is 1.40. The molecule has 0 aliphatic heterocycles. The summed E-state index contributed by atoms with van der Waals surface area (Å²) in [6.45, 7) is 0.654. The van der Waals surface area contributed by atoms with Gasteiger partial charge in [0.1, 0.15) is 11.3 Å². The summed E-state index contributed by atoms with van der Waals surface area (Å²) < 4.78 is 5.01. The zero-order chi connectivity index (χ0) is 14.5. The molecule has 20 heavy (non-hydrogen) atoms. The van der Waals surface area contributed by atoms with E-state index < -0.39 is 5.97 Å². The average Bonchev–Trinajstić information content (AvgIpc) is 3.22. The topological polar surface area (TPSA) is 87.7 Å². The number of carbonyl (C=O) groups is 2. The number of methoxy groups -OCH3 is 1. The zero-order valence-electron chi connectivity index (χ0n) is 11.3. The fourth-order valence-electron chi connectivity index (χ4n) is 1.85. The highest BCUT2D eigenvalue weighted by Crippen LogP contribution is 2.23. The standard InChI is InChI=1S/C14H18N2O4/c1-20-12-8-10(4-5-11(12)14(18)19)16-13(17)6-7-15-9-2-3-9/h4-5,8-9,15H,2-3,6-7H2,1H3,(H,16,17)(H,18,19). The molecule has 0 atom stereocenters. The Morgan fingerprint density at radius 1 is 1.40 bits per heavy atom. The largest absolute Gasteiger partial charge is 0.496 e. The summed E-state index contributed by atoms with van der Waals surface area (Å²) in [6.07, 6.45) is 2.77. The molecule has 1 fully saturated rings. The number of carboxylic acids is 1. The summed E-state index contributed by atoms with van der Waals surface area (Å²) in [6, 6.07) is 5.06. The summed E-state index contributed by atoms with van der Waals surface area (Å²) in [5.74, 6) is -0.942. The van der Waals surface area contributed by atoms with Crippen molar-refractivity contribution in [1.29, 1.82) is 0 Å². The summed E-state index contributed by atoms with van der Waals surface area (Å²) >= 11 is 0. The van der Waals surface area contributed by atoms with Gasteiger partial charge in [-0.15, -0.1) is 0 Å². The maximum atomic E-state index is 11.7. The van der Waals surface area contributed by atoms with Gasteiger partial charge in [-0.1, -0.05) is 0 Å². The highest BCUT2D eigenvalue weighted by atomic mass is 16.5. The Morgan fingerprint density at radius 3 is 2.75 bits per heavy atom. The van der Waals surface area contributed by atoms with Crippen molar-refractivity contribution in [3.63, 3.8) is 0 Å². The van der Waals surface area contributed by atoms with E-state index in [-0.39, 0.29) is 17.2 Å². The molecule has 6 nitrogen and oxygen atoms in total. The maximum Gasteiger partial charge on any atom is 0.339 e. The van der Waals surface area contributed by atoms with Gasteiger partial charge in [0.15, 0.2) is 0 Å². The van der Waals surface area contributed by atoms with Crippen LogP contribution < -0.4 is 15.4 Å². The molecule has 0 bridgehead atoms. The number of anilines is 1. The highest BCUT2D eigenvalue weighted by Gasteiger charge is 2.20. The Bertz CT molecular complexity index is 512. The first-order valence-corrected chi connectivity index (χ1v) is 6.54. The van der Waals surface area contributed by atoms with E-state index in [9.17, 15) is 9.59 Å². The van der Waals surface area contributed by atoms with Crippen LogP contribution in [-0.4, -0.2) is 36.7 Å². The van der Waals surface area contributed by atoms with Crippen LogP contribution in [0, 0.1) is 0 Å². The molecule has 1 saturated carbocycles. The van der Waals surface area contributed by atoms with E-state index in [0.717, 1.165) is 0 Å². The van der Waals surface area contributed by atoms with Crippen LogP contribution in [0.3, 0.4) is 0 Å². The number of nitrogens with one attached hydrogen (secondary N) is 2. The first kappa shape index (κ1) is 14.3. The van der Waals surface area contributed by atoms with Gasteiger partial charge in [0.25, 0.3) is 0 Å². The third-order valence-electron chi connectivity index (χ3n) is 3.08. The molecular formula is C14H18N2O4. The van der Waals surface area contributed by atoms with Crippen molar-refractivity contribution in [2.45, 2.75) is 25.3 Å². The van der Waals surface area contributed by atoms with Crippen molar-refractivity contribution in [2.75, 3.05) is 19.0 Å². The SMILES string of the molecule is COc1cc(NC(=O)CCNC2CC2)ccc1C(=O)O. The van der Waals surface area contributed by atoms with Crippen molar-refractivity contribution >= 4 is 17.6 Å². The molecule has 1 aromatic carbocycles. The Balaban J connectivity index is 1.90. The van der Waals surface area contributed by atoms with Crippen molar-refractivity contribution in [3.8, 4) is 5.75 Å². The van der Waals surface area contributed by atoms with Crippen LogP contribution in [0.1, 0.15) is 29.6 Å². The van der Waals surface area contributed by atoms with Crippen LogP contribution in [-0.2, 0) is 4.79 Å². The van der Waals surface area contributed by atoms with E-state index in [1.165, 1.54) is 32.1 Å². The van der Waals surface area contributed by atoms with Gasteiger partial charge >= 0.3 is 5.97 Å². The molecule has 1 aliphatic carbocycles. The molecule has 3 N–H and O–H groups in total. The van der Waals surface area contributed by atoms with Crippen LogP contribution >= 0.6 is 0 Å². The molecule has 0 heterocycles. The lowest BCUT2D eigenvalue weighted by Crippen LogP contribution is -2.23. The quantitative estimate of drug-likeness (QED) is 0.703. The molecule has 0 saturated heterocycles. The number of hydrogen-bond donors (Lipinski definition) is 3. The van der Waals surface area contributed by atoms with Crippen LogP contribution in [0.4, 0.5) is 5.69 Å². The van der Waals surface area contributed by atoms with Gasteiger partial charge in [0.2, 0.25) is 5.91 Å². The molecule has 1 aliphatic rings. The second-order valence-electron chi connectivity index (χ2n) is 4.75. The Labute approximate surface area is 117 Å². The third kappa shape index (κ3) is 3.96. The maximum absolute atomic E-state index is 11.7. The van der Waals surface area contributed by atoms with Crippen LogP contribution in [0.5, 0.6) is 5.75 Å². The second-order valence-corrected chi connectivity index (χ2v) is 4.75. The molecule has 0 radical (unpaired) electrons. The van der Waals surface area contributed by atoms with Crippen molar-refractivity contribution in [1.82, 2.24) is 5.32 Å². The number of benzene rings is 1. The average molecular weight is 278 g/mol. The van der Waals surface area contributed by atoms with E-state index in [2.05, 4.69) is 10.6 Å². The minimum Gasteiger partial charge on any atom is -0.496 e. The van der Waals surface area contributed by atoms with Crippen LogP contribution in [0.25, 0.3) is 0 Å². The fourth-order valence-corrected chi connectivity index (χ4v) is 1.85. The van der Waals surface area contributed by atoms with Crippen LogP contribution in [0.15, 0.2) is 18.2 Å². The minimum atomic E-state index is -1.06. The summed E-state index contributed by atoms with van der Waals surface area (Å²) in [5, 5.41) is 14.9. The zero-order valence-corrected chi connectivity index (χ0v) is 11.3. The first-order valence-electron chi connectivity index (χ1n) is 6.54. The van der Waals surface area contributed by atoms with Crippen molar-refractivity contribution in [3.05, 3.63) is 23.8 Å². The molecule has 1 amide bonds. The van der Waals surface area contributed by atoms with Gasteiger partial charge < -0.3 is 20.5 Å². The summed E-state index contributed by atoms with van der Waals surface area (Å²) in [5.41, 5.74) is 0.601. The molecule has 108 valence electrons. The van der Waals surface area contributed by atoms with E-state index in [0.29, 0.717) is 24.7 Å². The molecule has 6 heteroatoms. The predicted molar refractivity (Wildman–Crippen MR) is 74.2 cm³/mol.